The topological polar surface area (TPSA) is 49.9 Å². The number of methoxy groups -OCH3 is 1. The monoisotopic (exact) mass is 233 g/mol. The number of rotatable bonds is 5. The molecule has 0 fully saturated rings. The van der Waals surface area contributed by atoms with Crippen molar-refractivity contribution in [1.82, 2.24) is 9.97 Å². The molecule has 4 nitrogen and oxygen atoms in total. The van der Waals surface area contributed by atoms with Crippen molar-refractivity contribution in [3.05, 3.63) is 24.5 Å². The third-order valence-electron chi connectivity index (χ3n) is 2.71. The number of hydrogen-bond donors (Lipinski definition) is 2. The quantitative estimate of drug-likeness (QED) is 0.834. The number of H-pyrrole nitrogens is 1. The van der Waals surface area contributed by atoms with Gasteiger partial charge in [0.05, 0.1) is 18.5 Å². The highest BCUT2D eigenvalue weighted by Crippen LogP contribution is 2.19. The molecular weight excluding hydrogens is 214 g/mol. The van der Waals surface area contributed by atoms with Crippen LogP contribution in [-0.4, -0.2) is 30.2 Å². The van der Waals surface area contributed by atoms with Gasteiger partial charge in [0.25, 0.3) is 0 Å². The van der Waals surface area contributed by atoms with E-state index in [0.29, 0.717) is 0 Å². The zero-order valence-corrected chi connectivity index (χ0v) is 10.6. The number of aromatic nitrogens is 2. The van der Waals surface area contributed by atoms with Gasteiger partial charge in [-0.2, -0.15) is 0 Å². The SMILES string of the molecule is COCC(C)(C)CNc1cnc2[nH]ccc2c1. The molecular formula is C13H19N3O. The summed E-state index contributed by atoms with van der Waals surface area (Å²) in [5.41, 5.74) is 2.08. The number of pyridine rings is 1. The molecule has 4 heteroatoms. The van der Waals surface area contributed by atoms with Gasteiger partial charge in [-0.05, 0) is 12.1 Å². The van der Waals surface area contributed by atoms with Gasteiger partial charge in [0.1, 0.15) is 5.65 Å². The number of anilines is 1. The van der Waals surface area contributed by atoms with Crippen LogP contribution in [0.15, 0.2) is 24.5 Å². The molecule has 2 aromatic rings. The summed E-state index contributed by atoms with van der Waals surface area (Å²) in [5.74, 6) is 0. The van der Waals surface area contributed by atoms with E-state index in [4.69, 9.17) is 4.74 Å². The largest absolute Gasteiger partial charge is 0.384 e. The van der Waals surface area contributed by atoms with E-state index in [2.05, 4.69) is 35.2 Å². The summed E-state index contributed by atoms with van der Waals surface area (Å²) in [6.07, 6.45) is 3.75. The van der Waals surface area contributed by atoms with Gasteiger partial charge in [0, 0.05) is 30.7 Å². The molecule has 2 heterocycles. The third kappa shape index (κ3) is 2.97. The Morgan fingerprint density at radius 1 is 1.47 bits per heavy atom. The second-order valence-corrected chi connectivity index (χ2v) is 5.09. The Kier molecular flexibility index (Phi) is 3.33. The highest BCUT2D eigenvalue weighted by atomic mass is 16.5. The van der Waals surface area contributed by atoms with Crippen molar-refractivity contribution >= 4 is 16.7 Å². The van der Waals surface area contributed by atoms with Crippen LogP contribution in [0, 0.1) is 5.41 Å². The predicted molar refractivity (Wildman–Crippen MR) is 70.2 cm³/mol. The lowest BCUT2D eigenvalue weighted by Crippen LogP contribution is -2.27. The summed E-state index contributed by atoms with van der Waals surface area (Å²) in [7, 11) is 1.73. The number of nitrogens with one attached hydrogen (secondary N) is 2. The van der Waals surface area contributed by atoms with Crippen LogP contribution in [0.4, 0.5) is 5.69 Å². The summed E-state index contributed by atoms with van der Waals surface area (Å²) in [6, 6.07) is 4.12. The predicted octanol–water partition coefficient (Wildman–Crippen LogP) is 2.65. The fourth-order valence-electron chi connectivity index (χ4n) is 1.82. The minimum absolute atomic E-state index is 0.113. The van der Waals surface area contributed by atoms with Crippen molar-refractivity contribution in [2.75, 3.05) is 25.6 Å². The van der Waals surface area contributed by atoms with Gasteiger partial charge in [-0.3, -0.25) is 0 Å². The van der Waals surface area contributed by atoms with Crippen LogP contribution in [0.2, 0.25) is 0 Å². The standard InChI is InChI=1S/C13H19N3O/c1-13(2,9-17-3)8-16-11-6-10-4-5-14-12(10)15-7-11/h4-7,16H,8-9H2,1-3H3,(H,14,15). The second-order valence-electron chi connectivity index (χ2n) is 5.09. The van der Waals surface area contributed by atoms with Crippen LogP contribution in [0.5, 0.6) is 0 Å². The lowest BCUT2D eigenvalue weighted by molar-refractivity contribution is 0.112. The van der Waals surface area contributed by atoms with Crippen LogP contribution in [0.3, 0.4) is 0 Å². The second kappa shape index (κ2) is 4.75. The Balaban J connectivity index is 2.03. The van der Waals surface area contributed by atoms with E-state index >= 15 is 0 Å². The minimum atomic E-state index is 0.113. The van der Waals surface area contributed by atoms with E-state index < -0.39 is 0 Å². The van der Waals surface area contributed by atoms with Gasteiger partial charge in [0.15, 0.2) is 0 Å². The summed E-state index contributed by atoms with van der Waals surface area (Å²) in [4.78, 5) is 7.42. The van der Waals surface area contributed by atoms with Crippen molar-refractivity contribution in [3.8, 4) is 0 Å². The normalized spacial score (nSPS) is 11.9. The maximum absolute atomic E-state index is 5.19. The Hall–Kier alpha value is -1.55. The van der Waals surface area contributed by atoms with Gasteiger partial charge in [-0.25, -0.2) is 4.98 Å². The van der Waals surface area contributed by atoms with E-state index in [1.165, 1.54) is 0 Å². The van der Waals surface area contributed by atoms with E-state index in [9.17, 15) is 0 Å². The average molecular weight is 233 g/mol. The first-order valence-electron chi connectivity index (χ1n) is 5.77. The van der Waals surface area contributed by atoms with Gasteiger partial charge in [0.2, 0.25) is 0 Å². The lowest BCUT2D eigenvalue weighted by Gasteiger charge is -2.24. The molecule has 17 heavy (non-hydrogen) atoms. The van der Waals surface area contributed by atoms with Gasteiger partial charge in [-0.15, -0.1) is 0 Å². The molecule has 0 bridgehead atoms. The molecule has 0 aliphatic carbocycles. The number of nitrogens with zero attached hydrogens (tertiary/aromatic N) is 1. The number of hydrogen-bond acceptors (Lipinski definition) is 3. The fourth-order valence-corrected chi connectivity index (χ4v) is 1.82. The van der Waals surface area contributed by atoms with Crippen LogP contribution in [-0.2, 0) is 4.74 Å². The average Bonchev–Trinajstić information content (AvgIpc) is 2.73. The highest BCUT2D eigenvalue weighted by Gasteiger charge is 2.17. The summed E-state index contributed by atoms with van der Waals surface area (Å²) >= 11 is 0. The number of aromatic amines is 1. The van der Waals surface area contributed by atoms with Crippen LogP contribution >= 0.6 is 0 Å². The van der Waals surface area contributed by atoms with Crippen LogP contribution in [0.25, 0.3) is 11.0 Å². The highest BCUT2D eigenvalue weighted by molar-refractivity contribution is 5.78. The van der Waals surface area contributed by atoms with E-state index in [1.807, 2.05) is 18.5 Å². The first-order valence-corrected chi connectivity index (χ1v) is 5.77. The summed E-state index contributed by atoms with van der Waals surface area (Å²) in [6.45, 7) is 5.94. The van der Waals surface area contributed by atoms with E-state index in [-0.39, 0.29) is 5.41 Å². The number of ether oxygens (including phenoxy) is 1. The molecule has 2 N–H and O–H groups in total. The van der Waals surface area contributed by atoms with Gasteiger partial charge in [-0.1, -0.05) is 13.8 Å². The first-order chi connectivity index (χ1) is 8.11. The molecule has 2 aromatic heterocycles. The van der Waals surface area contributed by atoms with Crippen molar-refractivity contribution in [1.29, 1.82) is 0 Å². The van der Waals surface area contributed by atoms with Gasteiger partial charge >= 0.3 is 0 Å². The molecule has 92 valence electrons. The molecule has 0 unspecified atom stereocenters. The molecule has 0 amide bonds. The van der Waals surface area contributed by atoms with Crippen molar-refractivity contribution in [2.45, 2.75) is 13.8 Å². The molecule has 2 rings (SSSR count). The van der Waals surface area contributed by atoms with Crippen molar-refractivity contribution in [2.24, 2.45) is 5.41 Å². The molecule has 0 aromatic carbocycles. The Morgan fingerprint density at radius 2 is 2.29 bits per heavy atom. The molecule has 0 aliphatic heterocycles. The number of fused-ring (bicyclic) bond motifs is 1. The third-order valence-corrected chi connectivity index (χ3v) is 2.71. The maximum atomic E-state index is 5.19. The Labute approximate surface area is 101 Å². The molecule has 0 atom stereocenters. The first kappa shape index (κ1) is 11.9. The summed E-state index contributed by atoms with van der Waals surface area (Å²) in [5, 5.41) is 4.52. The summed E-state index contributed by atoms with van der Waals surface area (Å²) < 4.78 is 5.19. The molecule has 0 spiro atoms. The molecule has 0 radical (unpaired) electrons. The molecule has 0 saturated carbocycles. The lowest BCUT2D eigenvalue weighted by atomic mass is 9.95. The van der Waals surface area contributed by atoms with Gasteiger partial charge < -0.3 is 15.0 Å². The maximum Gasteiger partial charge on any atom is 0.137 e. The van der Waals surface area contributed by atoms with E-state index in [0.717, 1.165) is 29.9 Å². The Bertz CT molecular complexity index is 490. The van der Waals surface area contributed by atoms with Crippen molar-refractivity contribution in [3.63, 3.8) is 0 Å². The zero-order valence-electron chi connectivity index (χ0n) is 10.6. The Morgan fingerprint density at radius 3 is 3.06 bits per heavy atom. The van der Waals surface area contributed by atoms with Crippen molar-refractivity contribution < 1.29 is 4.74 Å². The fraction of sp³-hybridized carbons (Fsp3) is 0.462. The molecule has 0 aliphatic rings. The smallest absolute Gasteiger partial charge is 0.137 e. The zero-order chi connectivity index (χ0) is 12.3. The van der Waals surface area contributed by atoms with Crippen LogP contribution in [0.1, 0.15) is 13.8 Å². The minimum Gasteiger partial charge on any atom is -0.384 e. The van der Waals surface area contributed by atoms with Crippen LogP contribution < -0.4 is 5.32 Å². The van der Waals surface area contributed by atoms with E-state index in [1.54, 1.807) is 7.11 Å². The molecule has 0 saturated heterocycles.